The number of hydrogen-bond acceptors (Lipinski definition) is 2. The summed E-state index contributed by atoms with van der Waals surface area (Å²) in [4.78, 5) is 0. The topological polar surface area (TPSA) is 32.3 Å². The molecule has 0 amide bonds. The zero-order chi connectivity index (χ0) is 10.9. The van der Waals surface area contributed by atoms with Crippen LogP contribution >= 0.6 is 0 Å². The maximum absolute atomic E-state index is 8.74. The van der Waals surface area contributed by atoms with Crippen molar-refractivity contribution in [3.8, 4) is 0 Å². The quantitative estimate of drug-likeness (QED) is 0.665. The first-order chi connectivity index (χ1) is 7.33. The van der Waals surface area contributed by atoms with Gasteiger partial charge in [-0.3, -0.25) is 0 Å². The normalized spacial score (nSPS) is 21.2. The van der Waals surface area contributed by atoms with Gasteiger partial charge in [-0.2, -0.15) is 0 Å². The Morgan fingerprint density at radius 2 is 1.87 bits per heavy atom. The van der Waals surface area contributed by atoms with Crippen LogP contribution in [0.15, 0.2) is 0 Å². The molecular formula is C13H27NO. The minimum absolute atomic E-state index is 0.329. The van der Waals surface area contributed by atoms with Crippen LogP contribution in [0.4, 0.5) is 0 Å². The molecular weight excluding hydrogens is 186 g/mol. The molecule has 0 bridgehead atoms. The lowest BCUT2D eigenvalue weighted by Crippen LogP contribution is -2.31. The van der Waals surface area contributed by atoms with E-state index in [0.29, 0.717) is 12.6 Å². The summed E-state index contributed by atoms with van der Waals surface area (Å²) in [6, 6.07) is 0.570. The molecule has 0 aromatic heterocycles. The fraction of sp³-hybridized carbons (Fsp3) is 1.00. The molecule has 2 heteroatoms. The Morgan fingerprint density at radius 3 is 2.47 bits per heavy atom. The molecule has 15 heavy (non-hydrogen) atoms. The fourth-order valence-electron chi connectivity index (χ4n) is 2.44. The van der Waals surface area contributed by atoms with E-state index in [1.165, 1.54) is 45.1 Å². The SMILES string of the molecule is CC(CCCO)NCC1CCCCCC1. The third kappa shape index (κ3) is 6.16. The van der Waals surface area contributed by atoms with E-state index < -0.39 is 0 Å². The van der Waals surface area contributed by atoms with E-state index in [9.17, 15) is 0 Å². The number of aliphatic hydroxyl groups is 1. The summed E-state index contributed by atoms with van der Waals surface area (Å²) in [5.74, 6) is 0.907. The smallest absolute Gasteiger partial charge is 0.0431 e. The summed E-state index contributed by atoms with van der Waals surface area (Å²) in [5.41, 5.74) is 0. The zero-order valence-corrected chi connectivity index (χ0v) is 10.2. The first-order valence-corrected chi connectivity index (χ1v) is 6.67. The number of rotatable bonds is 6. The van der Waals surface area contributed by atoms with Gasteiger partial charge in [0.2, 0.25) is 0 Å². The van der Waals surface area contributed by atoms with Crippen molar-refractivity contribution >= 4 is 0 Å². The highest BCUT2D eigenvalue weighted by Crippen LogP contribution is 2.22. The second kappa shape index (κ2) is 8.12. The summed E-state index contributed by atoms with van der Waals surface area (Å²) in [6.45, 7) is 3.74. The zero-order valence-electron chi connectivity index (χ0n) is 10.2. The summed E-state index contributed by atoms with van der Waals surface area (Å²) in [6.07, 6.45) is 10.6. The molecule has 1 fully saturated rings. The molecule has 0 heterocycles. The average Bonchev–Trinajstić information content (AvgIpc) is 2.51. The van der Waals surface area contributed by atoms with Gasteiger partial charge >= 0.3 is 0 Å². The second-order valence-electron chi connectivity index (χ2n) is 5.03. The van der Waals surface area contributed by atoms with Crippen molar-refractivity contribution < 1.29 is 5.11 Å². The van der Waals surface area contributed by atoms with Gasteiger partial charge in [0.05, 0.1) is 0 Å². The highest BCUT2D eigenvalue weighted by molar-refractivity contribution is 4.69. The van der Waals surface area contributed by atoms with Crippen LogP contribution in [0, 0.1) is 5.92 Å². The molecule has 2 nitrogen and oxygen atoms in total. The molecule has 1 atom stereocenters. The molecule has 1 saturated carbocycles. The Morgan fingerprint density at radius 1 is 1.20 bits per heavy atom. The minimum atomic E-state index is 0.329. The predicted octanol–water partition coefficient (Wildman–Crippen LogP) is 2.71. The third-order valence-corrected chi connectivity index (χ3v) is 3.52. The molecule has 90 valence electrons. The second-order valence-corrected chi connectivity index (χ2v) is 5.03. The lowest BCUT2D eigenvalue weighted by Gasteiger charge is -2.19. The maximum Gasteiger partial charge on any atom is 0.0431 e. The molecule has 0 radical (unpaired) electrons. The predicted molar refractivity (Wildman–Crippen MR) is 65.0 cm³/mol. The Balaban J connectivity index is 2.06. The molecule has 1 aliphatic carbocycles. The van der Waals surface area contributed by atoms with E-state index in [4.69, 9.17) is 5.11 Å². The van der Waals surface area contributed by atoms with E-state index in [1.807, 2.05) is 0 Å². The molecule has 0 aromatic rings. The van der Waals surface area contributed by atoms with Crippen molar-refractivity contribution in [2.24, 2.45) is 5.92 Å². The Labute approximate surface area is 94.5 Å². The fourth-order valence-corrected chi connectivity index (χ4v) is 2.44. The van der Waals surface area contributed by atoms with E-state index >= 15 is 0 Å². The third-order valence-electron chi connectivity index (χ3n) is 3.52. The van der Waals surface area contributed by atoms with Crippen LogP contribution in [0.5, 0.6) is 0 Å². The van der Waals surface area contributed by atoms with Crippen molar-refractivity contribution in [2.45, 2.75) is 64.3 Å². The van der Waals surface area contributed by atoms with Gasteiger partial charge in [-0.25, -0.2) is 0 Å². The molecule has 0 aliphatic heterocycles. The standard InChI is InChI=1S/C13H27NO/c1-12(7-6-10-15)14-11-13-8-4-2-3-5-9-13/h12-15H,2-11H2,1H3. The van der Waals surface area contributed by atoms with Crippen molar-refractivity contribution in [2.75, 3.05) is 13.2 Å². The van der Waals surface area contributed by atoms with Crippen molar-refractivity contribution in [1.82, 2.24) is 5.32 Å². The van der Waals surface area contributed by atoms with E-state index in [0.717, 1.165) is 18.8 Å². The molecule has 1 unspecified atom stereocenters. The first kappa shape index (κ1) is 13.0. The van der Waals surface area contributed by atoms with Gasteiger partial charge in [-0.05, 0) is 45.1 Å². The van der Waals surface area contributed by atoms with E-state index in [-0.39, 0.29) is 0 Å². The van der Waals surface area contributed by atoms with E-state index in [2.05, 4.69) is 12.2 Å². The van der Waals surface area contributed by atoms with Crippen LogP contribution in [0.3, 0.4) is 0 Å². The molecule has 1 aliphatic rings. The molecule has 0 spiro atoms. The molecule has 0 aromatic carbocycles. The van der Waals surface area contributed by atoms with Gasteiger partial charge in [-0.1, -0.05) is 25.7 Å². The number of aliphatic hydroxyl groups excluding tert-OH is 1. The highest BCUT2D eigenvalue weighted by atomic mass is 16.2. The van der Waals surface area contributed by atoms with Gasteiger partial charge in [-0.15, -0.1) is 0 Å². The van der Waals surface area contributed by atoms with Crippen LogP contribution in [0.25, 0.3) is 0 Å². The van der Waals surface area contributed by atoms with Gasteiger partial charge in [0.25, 0.3) is 0 Å². The van der Waals surface area contributed by atoms with Crippen molar-refractivity contribution in [3.63, 3.8) is 0 Å². The monoisotopic (exact) mass is 213 g/mol. The molecule has 0 saturated heterocycles. The minimum Gasteiger partial charge on any atom is -0.396 e. The largest absolute Gasteiger partial charge is 0.396 e. The van der Waals surface area contributed by atoms with Crippen LogP contribution in [-0.4, -0.2) is 24.3 Å². The Bertz CT molecular complexity index is 141. The molecule has 1 rings (SSSR count). The van der Waals surface area contributed by atoms with Gasteiger partial charge in [0, 0.05) is 12.6 Å². The maximum atomic E-state index is 8.74. The van der Waals surface area contributed by atoms with Gasteiger partial charge in [0.15, 0.2) is 0 Å². The average molecular weight is 213 g/mol. The number of hydrogen-bond donors (Lipinski definition) is 2. The Kier molecular flexibility index (Phi) is 7.03. The molecule has 2 N–H and O–H groups in total. The lowest BCUT2D eigenvalue weighted by molar-refractivity contribution is 0.274. The van der Waals surface area contributed by atoms with Crippen molar-refractivity contribution in [3.05, 3.63) is 0 Å². The van der Waals surface area contributed by atoms with Gasteiger partial charge in [0.1, 0.15) is 0 Å². The van der Waals surface area contributed by atoms with Crippen LogP contribution < -0.4 is 5.32 Å². The van der Waals surface area contributed by atoms with Crippen LogP contribution in [-0.2, 0) is 0 Å². The Hall–Kier alpha value is -0.0800. The lowest BCUT2D eigenvalue weighted by atomic mass is 10.00. The first-order valence-electron chi connectivity index (χ1n) is 6.67. The highest BCUT2D eigenvalue weighted by Gasteiger charge is 2.12. The summed E-state index contributed by atoms with van der Waals surface area (Å²) in [7, 11) is 0. The number of nitrogens with one attached hydrogen (secondary N) is 1. The van der Waals surface area contributed by atoms with E-state index in [1.54, 1.807) is 0 Å². The summed E-state index contributed by atoms with van der Waals surface area (Å²) in [5, 5.41) is 12.3. The van der Waals surface area contributed by atoms with Crippen LogP contribution in [0.2, 0.25) is 0 Å². The van der Waals surface area contributed by atoms with Crippen molar-refractivity contribution in [1.29, 1.82) is 0 Å². The summed E-state index contributed by atoms with van der Waals surface area (Å²) < 4.78 is 0. The van der Waals surface area contributed by atoms with Gasteiger partial charge < -0.3 is 10.4 Å². The summed E-state index contributed by atoms with van der Waals surface area (Å²) >= 11 is 0. The van der Waals surface area contributed by atoms with Crippen LogP contribution in [0.1, 0.15) is 58.3 Å².